The van der Waals surface area contributed by atoms with E-state index < -0.39 is 0 Å². The van der Waals surface area contributed by atoms with Gasteiger partial charge in [-0.15, -0.1) is 0 Å². The van der Waals surface area contributed by atoms with E-state index in [1.807, 2.05) is 16.8 Å². The molecule has 0 spiro atoms. The van der Waals surface area contributed by atoms with E-state index in [-0.39, 0.29) is 6.04 Å². The molecule has 18 heavy (non-hydrogen) atoms. The molecule has 1 aliphatic rings. The predicted octanol–water partition coefficient (Wildman–Crippen LogP) is 1.76. The second-order valence-corrected chi connectivity index (χ2v) is 5.21. The minimum atomic E-state index is 0.187. The number of aromatic nitrogens is 2. The van der Waals surface area contributed by atoms with Crippen LogP contribution in [0.4, 0.5) is 0 Å². The van der Waals surface area contributed by atoms with Crippen molar-refractivity contribution in [2.24, 2.45) is 0 Å². The van der Waals surface area contributed by atoms with Crippen molar-refractivity contribution in [1.29, 1.82) is 0 Å². The van der Waals surface area contributed by atoms with Crippen LogP contribution in [0.15, 0.2) is 21.3 Å². The quantitative estimate of drug-likeness (QED) is 0.915. The fourth-order valence-electron chi connectivity index (χ4n) is 2.14. The Morgan fingerprint density at radius 2 is 2.28 bits per heavy atom. The Hall–Kier alpha value is -1.24. The van der Waals surface area contributed by atoms with Crippen LogP contribution in [0, 0.1) is 0 Å². The van der Waals surface area contributed by atoms with Crippen LogP contribution in [-0.2, 0) is 0 Å². The van der Waals surface area contributed by atoms with Crippen LogP contribution < -0.4 is 5.32 Å². The molecule has 0 bridgehead atoms. The molecule has 0 aliphatic carbocycles. The van der Waals surface area contributed by atoms with E-state index in [9.17, 15) is 0 Å². The van der Waals surface area contributed by atoms with Gasteiger partial charge in [0.15, 0.2) is 0 Å². The zero-order valence-corrected chi connectivity index (χ0v) is 11.1. The SMILES string of the molecule is CC(c1nc(-c2ccsc2)no1)N1CCNCC1. The largest absolute Gasteiger partial charge is 0.337 e. The van der Waals surface area contributed by atoms with Gasteiger partial charge in [0.05, 0.1) is 6.04 Å². The van der Waals surface area contributed by atoms with Crippen molar-refractivity contribution in [2.45, 2.75) is 13.0 Å². The van der Waals surface area contributed by atoms with Gasteiger partial charge in [0.25, 0.3) is 0 Å². The lowest BCUT2D eigenvalue weighted by Crippen LogP contribution is -2.44. The van der Waals surface area contributed by atoms with Crippen LogP contribution in [0.5, 0.6) is 0 Å². The summed E-state index contributed by atoms with van der Waals surface area (Å²) in [6.07, 6.45) is 0. The predicted molar refractivity (Wildman–Crippen MR) is 70.5 cm³/mol. The van der Waals surface area contributed by atoms with E-state index in [4.69, 9.17) is 4.52 Å². The minimum Gasteiger partial charge on any atom is -0.337 e. The number of nitrogens with one attached hydrogen (secondary N) is 1. The summed E-state index contributed by atoms with van der Waals surface area (Å²) in [6.45, 7) is 6.22. The maximum atomic E-state index is 5.38. The van der Waals surface area contributed by atoms with Gasteiger partial charge in [-0.05, 0) is 18.4 Å². The van der Waals surface area contributed by atoms with Crippen LogP contribution in [0.3, 0.4) is 0 Å². The maximum absolute atomic E-state index is 5.38. The van der Waals surface area contributed by atoms with Crippen LogP contribution in [0.2, 0.25) is 0 Å². The Kier molecular flexibility index (Phi) is 3.40. The summed E-state index contributed by atoms with van der Waals surface area (Å²) in [6, 6.07) is 2.20. The molecule has 3 heterocycles. The van der Waals surface area contributed by atoms with Gasteiger partial charge in [-0.2, -0.15) is 16.3 Å². The van der Waals surface area contributed by atoms with Crippen molar-refractivity contribution in [3.8, 4) is 11.4 Å². The summed E-state index contributed by atoms with van der Waals surface area (Å²) in [5.74, 6) is 1.39. The molecular weight excluding hydrogens is 248 g/mol. The van der Waals surface area contributed by atoms with Gasteiger partial charge < -0.3 is 9.84 Å². The lowest BCUT2D eigenvalue weighted by atomic mass is 10.2. The molecule has 1 saturated heterocycles. The highest BCUT2D eigenvalue weighted by Gasteiger charge is 2.23. The molecule has 1 atom stereocenters. The van der Waals surface area contributed by atoms with E-state index in [0.29, 0.717) is 11.7 Å². The molecular formula is C12H16N4OS. The van der Waals surface area contributed by atoms with Crippen LogP contribution in [-0.4, -0.2) is 41.2 Å². The number of hydrogen-bond acceptors (Lipinski definition) is 6. The minimum absolute atomic E-state index is 0.187. The topological polar surface area (TPSA) is 54.2 Å². The molecule has 0 aromatic carbocycles. The number of thiophene rings is 1. The number of nitrogens with zero attached hydrogens (tertiary/aromatic N) is 3. The van der Waals surface area contributed by atoms with Gasteiger partial charge in [-0.3, -0.25) is 4.90 Å². The highest BCUT2D eigenvalue weighted by molar-refractivity contribution is 7.08. The summed E-state index contributed by atoms with van der Waals surface area (Å²) in [7, 11) is 0. The van der Waals surface area contributed by atoms with Gasteiger partial charge >= 0.3 is 0 Å². The monoisotopic (exact) mass is 264 g/mol. The van der Waals surface area contributed by atoms with Gasteiger partial charge in [0, 0.05) is 37.1 Å². The van der Waals surface area contributed by atoms with Crippen LogP contribution >= 0.6 is 11.3 Å². The van der Waals surface area contributed by atoms with Crippen molar-refractivity contribution in [3.05, 3.63) is 22.7 Å². The summed E-state index contributed by atoms with van der Waals surface area (Å²) < 4.78 is 5.38. The van der Waals surface area contributed by atoms with E-state index in [2.05, 4.69) is 27.3 Å². The molecule has 0 amide bonds. The van der Waals surface area contributed by atoms with Crippen molar-refractivity contribution < 1.29 is 4.52 Å². The fraction of sp³-hybridized carbons (Fsp3) is 0.500. The molecule has 1 fully saturated rings. The second-order valence-electron chi connectivity index (χ2n) is 4.43. The lowest BCUT2D eigenvalue weighted by Gasteiger charge is -2.30. The Morgan fingerprint density at radius 3 is 3.00 bits per heavy atom. The van der Waals surface area contributed by atoms with Crippen molar-refractivity contribution >= 4 is 11.3 Å². The second kappa shape index (κ2) is 5.17. The number of hydrogen-bond donors (Lipinski definition) is 1. The molecule has 2 aromatic rings. The van der Waals surface area contributed by atoms with Gasteiger partial charge in [0.2, 0.25) is 11.7 Å². The fourth-order valence-corrected chi connectivity index (χ4v) is 2.77. The average molecular weight is 264 g/mol. The highest BCUT2D eigenvalue weighted by Crippen LogP contribution is 2.23. The van der Waals surface area contributed by atoms with E-state index in [1.165, 1.54) is 0 Å². The first kappa shape index (κ1) is 11.8. The molecule has 1 unspecified atom stereocenters. The molecule has 1 aliphatic heterocycles. The molecule has 0 saturated carbocycles. The van der Waals surface area contributed by atoms with Gasteiger partial charge in [0.1, 0.15) is 0 Å². The standard InChI is InChI=1S/C12H16N4OS/c1-9(16-5-3-13-4-6-16)12-14-11(15-17-12)10-2-7-18-8-10/h2,7-9,13H,3-6H2,1H3. The Labute approximate surface area is 110 Å². The van der Waals surface area contributed by atoms with E-state index in [1.54, 1.807) is 11.3 Å². The molecule has 2 aromatic heterocycles. The zero-order chi connectivity index (χ0) is 12.4. The Morgan fingerprint density at radius 1 is 1.44 bits per heavy atom. The summed E-state index contributed by atoms with van der Waals surface area (Å²) in [4.78, 5) is 6.86. The molecule has 3 rings (SSSR count). The lowest BCUT2D eigenvalue weighted by molar-refractivity contribution is 0.154. The third-order valence-electron chi connectivity index (χ3n) is 3.28. The Bertz CT molecular complexity index is 490. The summed E-state index contributed by atoms with van der Waals surface area (Å²) in [5, 5.41) is 11.4. The van der Waals surface area contributed by atoms with E-state index >= 15 is 0 Å². The average Bonchev–Trinajstić information content (AvgIpc) is 3.09. The van der Waals surface area contributed by atoms with E-state index in [0.717, 1.165) is 31.7 Å². The highest BCUT2D eigenvalue weighted by atomic mass is 32.1. The molecule has 6 heteroatoms. The molecule has 1 N–H and O–H groups in total. The zero-order valence-electron chi connectivity index (χ0n) is 10.3. The van der Waals surface area contributed by atoms with Crippen molar-refractivity contribution in [1.82, 2.24) is 20.4 Å². The summed E-state index contributed by atoms with van der Waals surface area (Å²) >= 11 is 1.64. The first-order chi connectivity index (χ1) is 8.84. The van der Waals surface area contributed by atoms with Crippen LogP contribution in [0.25, 0.3) is 11.4 Å². The number of rotatable bonds is 3. The maximum Gasteiger partial charge on any atom is 0.244 e. The molecule has 96 valence electrons. The van der Waals surface area contributed by atoms with Crippen LogP contribution in [0.1, 0.15) is 18.9 Å². The first-order valence-electron chi connectivity index (χ1n) is 6.15. The summed E-state index contributed by atoms with van der Waals surface area (Å²) in [5.41, 5.74) is 1.03. The number of piperazine rings is 1. The van der Waals surface area contributed by atoms with Crippen molar-refractivity contribution in [2.75, 3.05) is 26.2 Å². The first-order valence-corrected chi connectivity index (χ1v) is 7.10. The molecule has 5 nitrogen and oxygen atoms in total. The van der Waals surface area contributed by atoms with Gasteiger partial charge in [-0.1, -0.05) is 5.16 Å². The smallest absolute Gasteiger partial charge is 0.244 e. The van der Waals surface area contributed by atoms with Crippen molar-refractivity contribution in [3.63, 3.8) is 0 Å². The third kappa shape index (κ3) is 2.31. The normalized spacial score (nSPS) is 18.9. The van der Waals surface area contributed by atoms with Gasteiger partial charge in [-0.25, -0.2) is 0 Å². The third-order valence-corrected chi connectivity index (χ3v) is 3.96. The molecule has 0 radical (unpaired) electrons. The Balaban J connectivity index is 1.76.